The van der Waals surface area contributed by atoms with E-state index in [1.165, 1.54) is 22.7 Å². The molecule has 2 aromatic carbocycles. The second-order valence-electron chi connectivity index (χ2n) is 11.5. The summed E-state index contributed by atoms with van der Waals surface area (Å²) in [7, 11) is 0. The first kappa shape index (κ1) is 29.5. The minimum Gasteiger partial charge on any atom is -0.508 e. The number of nitrogens with zero attached hydrogens (tertiary/aromatic N) is 1. The molecule has 3 rings (SSSR count). The lowest BCUT2D eigenvalue weighted by Crippen LogP contribution is -2.59. The van der Waals surface area contributed by atoms with Gasteiger partial charge in [-0.1, -0.05) is 57.2 Å². The highest BCUT2D eigenvalue weighted by molar-refractivity contribution is 8.00. The molecule has 0 saturated carbocycles. The summed E-state index contributed by atoms with van der Waals surface area (Å²) in [6.45, 7) is 11.9. The molecule has 0 radical (unpaired) electrons. The predicted molar refractivity (Wildman–Crippen MR) is 150 cm³/mol. The van der Waals surface area contributed by atoms with Crippen molar-refractivity contribution < 1.29 is 24.6 Å². The second kappa shape index (κ2) is 11.8. The lowest BCUT2D eigenvalue weighted by Gasteiger charge is -2.34. The van der Waals surface area contributed by atoms with Crippen LogP contribution in [0.15, 0.2) is 48.5 Å². The lowest BCUT2D eigenvalue weighted by molar-refractivity contribution is -0.147. The Morgan fingerprint density at radius 1 is 1.11 bits per heavy atom. The van der Waals surface area contributed by atoms with Crippen molar-refractivity contribution >= 4 is 29.5 Å². The van der Waals surface area contributed by atoms with Gasteiger partial charge >= 0.3 is 0 Å². The molecule has 2 aromatic rings. The van der Waals surface area contributed by atoms with Crippen molar-refractivity contribution in [1.29, 1.82) is 0 Å². The normalized spacial score (nSPS) is 18.5. The zero-order chi connectivity index (χ0) is 28.3. The van der Waals surface area contributed by atoms with E-state index in [4.69, 9.17) is 0 Å². The highest BCUT2D eigenvalue weighted by atomic mass is 32.2. The van der Waals surface area contributed by atoms with Gasteiger partial charge in [-0.25, -0.2) is 0 Å². The van der Waals surface area contributed by atoms with E-state index in [1.54, 1.807) is 19.1 Å². The molecule has 0 spiro atoms. The minimum atomic E-state index is -1.59. The number of amides is 3. The van der Waals surface area contributed by atoms with Crippen LogP contribution in [0.1, 0.15) is 56.1 Å². The number of hydrogen-bond donors (Lipinski definition) is 4. The topological polar surface area (TPSA) is 119 Å². The number of aliphatic hydroxyl groups excluding tert-OH is 1. The van der Waals surface area contributed by atoms with E-state index in [1.807, 2.05) is 65.0 Å². The van der Waals surface area contributed by atoms with Gasteiger partial charge in [-0.3, -0.25) is 14.4 Å². The van der Waals surface area contributed by atoms with E-state index in [0.29, 0.717) is 12.1 Å². The molecule has 206 valence electrons. The van der Waals surface area contributed by atoms with Gasteiger partial charge in [-0.15, -0.1) is 11.8 Å². The lowest BCUT2D eigenvalue weighted by atomic mass is 9.95. The number of aliphatic hydroxyl groups is 1. The smallest absolute Gasteiger partial charge is 0.254 e. The van der Waals surface area contributed by atoms with Gasteiger partial charge in [0.05, 0.1) is 11.9 Å². The van der Waals surface area contributed by atoms with E-state index in [-0.39, 0.29) is 34.9 Å². The van der Waals surface area contributed by atoms with E-state index in [2.05, 4.69) is 10.6 Å². The molecule has 38 heavy (non-hydrogen) atoms. The van der Waals surface area contributed by atoms with Crippen molar-refractivity contribution in [2.75, 3.05) is 12.4 Å². The number of phenols is 1. The average Bonchev–Trinajstić information content (AvgIpc) is 3.17. The van der Waals surface area contributed by atoms with Crippen molar-refractivity contribution in [3.63, 3.8) is 0 Å². The Bertz CT molecular complexity index is 1160. The Morgan fingerprint density at radius 2 is 1.76 bits per heavy atom. The Balaban J connectivity index is 1.87. The van der Waals surface area contributed by atoms with Crippen molar-refractivity contribution in [2.24, 2.45) is 5.41 Å². The number of carbonyl (C=O) groups excluding carboxylic acids is 3. The van der Waals surface area contributed by atoms with Gasteiger partial charge in [0, 0.05) is 22.4 Å². The summed E-state index contributed by atoms with van der Waals surface area (Å²) in [6, 6.07) is 12.1. The van der Waals surface area contributed by atoms with Crippen LogP contribution in [0.25, 0.3) is 0 Å². The third-order valence-electron chi connectivity index (χ3n) is 6.67. The third-order valence-corrected chi connectivity index (χ3v) is 8.04. The number of rotatable bonds is 8. The summed E-state index contributed by atoms with van der Waals surface area (Å²) in [5, 5.41) is 27.2. The molecule has 1 heterocycles. The zero-order valence-electron chi connectivity index (χ0n) is 22.9. The fraction of sp³-hybridized carbons (Fsp3) is 0.483. The largest absolute Gasteiger partial charge is 0.508 e. The summed E-state index contributed by atoms with van der Waals surface area (Å²) in [6.07, 6.45) is -1.40. The molecule has 0 aliphatic carbocycles. The summed E-state index contributed by atoms with van der Waals surface area (Å²) >= 11 is 1.47. The number of benzene rings is 2. The fourth-order valence-electron chi connectivity index (χ4n) is 4.43. The number of hydrogen-bond acceptors (Lipinski definition) is 6. The molecule has 8 nitrogen and oxygen atoms in total. The quantitative estimate of drug-likeness (QED) is 0.408. The van der Waals surface area contributed by atoms with E-state index in [0.717, 1.165) is 5.56 Å². The Labute approximate surface area is 229 Å². The maximum absolute atomic E-state index is 13.7. The SMILES string of the molecule is Cc1c(O)cccc1C(=O)N[C@@H](Cc1ccccc1)[C@H](O)C(=O)N1CSC(C)(C)C1C(=O)NCC(C)(C)C. The predicted octanol–water partition coefficient (Wildman–Crippen LogP) is 3.25. The number of thioether (sulfide) groups is 1. The first-order valence-corrected chi connectivity index (χ1v) is 13.7. The van der Waals surface area contributed by atoms with Crippen LogP contribution in [-0.2, 0) is 16.0 Å². The van der Waals surface area contributed by atoms with Crippen LogP contribution in [0.3, 0.4) is 0 Å². The minimum absolute atomic E-state index is 0.0191. The first-order chi connectivity index (χ1) is 17.7. The molecule has 1 saturated heterocycles. The van der Waals surface area contributed by atoms with Crippen LogP contribution >= 0.6 is 11.8 Å². The van der Waals surface area contributed by atoms with E-state index < -0.39 is 34.7 Å². The molecule has 1 unspecified atom stereocenters. The molecule has 4 N–H and O–H groups in total. The summed E-state index contributed by atoms with van der Waals surface area (Å²) < 4.78 is -0.561. The van der Waals surface area contributed by atoms with Gasteiger partial charge in [0.15, 0.2) is 6.10 Å². The van der Waals surface area contributed by atoms with E-state index >= 15 is 0 Å². The second-order valence-corrected chi connectivity index (χ2v) is 13.1. The molecule has 9 heteroatoms. The number of nitrogens with one attached hydrogen (secondary N) is 2. The molecular formula is C29H39N3O5S. The van der Waals surface area contributed by atoms with E-state index in [9.17, 15) is 24.6 Å². The number of phenolic OH excluding ortho intramolecular Hbond substituents is 1. The molecule has 3 amide bonds. The third kappa shape index (κ3) is 7.08. The van der Waals surface area contributed by atoms with Gasteiger partial charge in [0.25, 0.3) is 11.8 Å². The molecule has 1 fully saturated rings. The van der Waals surface area contributed by atoms with Crippen LogP contribution in [0.5, 0.6) is 5.75 Å². The Kier molecular flexibility index (Phi) is 9.15. The van der Waals surface area contributed by atoms with Crippen molar-refractivity contribution in [3.05, 3.63) is 65.2 Å². The van der Waals surface area contributed by atoms with Crippen LogP contribution < -0.4 is 10.6 Å². The zero-order valence-corrected chi connectivity index (χ0v) is 23.8. The Hall–Kier alpha value is -3.04. The molecule has 1 aliphatic rings. The highest BCUT2D eigenvalue weighted by Gasteiger charge is 2.49. The first-order valence-electron chi connectivity index (χ1n) is 12.7. The van der Waals surface area contributed by atoms with Gasteiger partial charge in [0.2, 0.25) is 5.91 Å². The van der Waals surface area contributed by atoms with Crippen molar-refractivity contribution in [2.45, 2.75) is 70.9 Å². The summed E-state index contributed by atoms with van der Waals surface area (Å²) in [5.74, 6) is -1.17. The fourth-order valence-corrected chi connectivity index (χ4v) is 5.57. The van der Waals surface area contributed by atoms with Crippen molar-refractivity contribution in [3.8, 4) is 5.75 Å². The van der Waals surface area contributed by atoms with Gasteiger partial charge in [-0.05, 0) is 50.3 Å². The van der Waals surface area contributed by atoms with Crippen LogP contribution in [0.4, 0.5) is 0 Å². The highest BCUT2D eigenvalue weighted by Crippen LogP contribution is 2.40. The molecule has 0 aromatic heterocycles. The summed E-state index contributed by atoms with van der Waals surface area (Å²) in [5.41, 5.74) is 1.35. The molecule has 0 bridgehead atoms. The van der Waals surface area contributed by atoms with Gasteiger partial charge in [0.1, 0.15) is 11.8 Å². The van der Waals surface area contributed by atoms with Gasteiger partial charge < -0.3 is 25.7 Å². The number of aromatic hydroxyl groups is 1. The van der Waals surface area contributed by atoms with Crippen LogP contribution in [-0.4, -0.2) is 68.2 Å². The van der Waals surface area contributed by atoms with Gasteiger partial charge in [-0.2, -0.15) is 0 Å². The average molecular weight is 542 g/mol. The van der Waals surface area contributed by atoms with Crippen molar-refractivity contribution in [1.82, 2.24) is 15.5 Å². The van der Waals surface area contributed by atoms with Crippen LogP contribution in [0, 0.1) is 12.3 Å². The van der Waals surface area contributed by atoms with Crippen LogP contribution in [0.2, 0.25) is 0 Å². The monoisotopic (exact) mass is 541 g/mol. The Morgan fingerprint density at radius 3 is 2.39 bits per heavy atom. The maximum atomic E-state index is 13.7. The number of carbonyl (C=O) groups is 3. The summed E-state index contributed by atoms with van der Waals surface area (Å²) in [4.78, 5) is 41.6. The molecular weight excluding hydrogens is 502 g/mol. The molecule has 3 atom stereocenters. The maximum Gasteiger partial charge on any atom is 0.254 e. The molecule has 1 aliphatic heterocycles. The standard InChI is InChI=1S/C29H39N3O5S/c1-18-20(13-10-14-22(18)33)25(35)31-21(15-19-11-8-7-9-12-19)23(34)27(37)32-17-38-29(5,6)24(32)26(36)30-16-28(2,3)4/h7-14,21,23-24,33-34H,15-17H2,1-6H3,(H,30,36)(H,31,35)/t21-,23-,24?/m0/s1.